The van der Waals surface area contributed by atoms with Gasteiger partial charge in [-0.1, -0.05) is 60.2 Å². The van der Waals surface area contributed by atoms with Crippen LogP contribution in [0.1, 0.15) is 36.0 Å². The van der Waals surface area contributed by atoms with E-state index >= 15 is 0 Å². The number of ether oxygens (including phenoxy) is 2. The van der Waals surface area contributed by atoms with Crippen LogP contribution in [0.5, 0.6) is 0 Å². The number of hydrogen-bond acceptors (Lipinski definition) is 4. The van der Waals surface area contributed by atoms with Crippen LogP contribution < -0.4 is 0 Å². The lowest BCUT2D eigenvalue weighted by molar-refractivity contribution is -0.169. The molecule has 2 unspecified atom stereocenters. The van der Waals surface area contributed by atoms with Gasteiger partial charge in [-0.3, -0.25) is 9.59 Å². The highest BCUT2D eigenvalue weighted by atomic mass is 16.5. The summed E-state index contributed by atoms with van der Waals surface area (Å²) in [7, 11) is 2.68. The molecule has 1 fully saturated rings. The summed E-state index contributed by atoms with van der Waals surface area (Å²) >= 11 is 0. The Labute approximate surface area is 165 Å². The fraction of sp³-hybridized carbons (Fsp3) is 0.333. The first-order valence-corrected chi connectivity index (χ1v) is 9.55. The van der Waals surface area contributed by atoms with Gasteiger partial charge in [-0.05, 0) is 47.9 Å². The Morgan fingerprint density at radius 3 is 2.18 bits per heavy atom. The number of carbonyl (C=O) groups excluding carboxylic acids is 2. The zero-order chi connectivity index (χ0) is 19.9. The molecule has 1 saturated carbocycles. The maximum Gasteiger partial charge on any atom is 0.324 e. The maximum absolute atomic E-state index is 13.0. The second-order valence-electron chi connectivity index (χ2n) is 7.64. The van der Waals surface area contributed by atoms with Crippen LogP contribution in [-0.4, -0.2) is 26.2 Å². The van der Waals surface area contributed by atoms with Gasteiger partial charge < -0.3 is 9.47 Å². The summed E-state index contributed by atoms with van der Waals surface area (Å²) in [4.78, 5) is 26.1. The van der Waals surface area contributed by atoms with Crippen molar-refractivity contribution in [3.8, 4) is 0 Å². The van der Waals surface area contributed by atoms with E-state index in [4.69, 9.17) is 9.47 Å². The Kier molecular flexibility index (Phi) is 4.58. The van der Waals surface area contributed by atoms with E-state index in [-0.39, 0.29) is 11.8 Å². The highest BCUT2D eigenvalue weighted by Gasteiger charge is 2.64. The van der Waals surface area contributed by atoms with E-state index in [9.17, 15) is 9.59 Å². The molecule has 2 bridgehead atoms. The molecule has 0 aromatic heterocycles. The van der Waals surface area contributed by atoms with Gasteiger partial charge in [-0.2, -0.15) is 0 Å². The molecule has 144 valence electrons. The van der Waals surface area contributed by atoms with Crippen molar-refractivity contribution in [2.24, 2.45) is 11.3 Å². The molecular weight excluding hydrogens is 352 g/mol. The molecule has 0 amide bonds. The summed E-state index contributed by atoms with van der Waals surface area (Å²) in [5, 5.41) is 0. The maximum atomic E-state index is 13.0. The lowest BCUT2D eigenvalue weighted by atomic mass is 9.69. The lowest BCUT2D eigenvalue weighted by Gasteiger charge is -2.34. The molecule has 0 saturated heterocycles. The molecule has 0 aliphatic heterocycles. The number of hydrogen-bond donors (Lipinski definition) is 0. The van der Waals surface area contributed by atoms with E-state index in [1.165, 1.54) is 19.8 Å². The van der Waals surface area contributed by atoms with E-state index < -0.39 is 17.4 Å². The molecule has 0 radical (unpaired) electrons. The van der Waals surface area contributed by atoms with Crippen molar-refractivity contribution in [1.29, 1.82) is 0 Å². The number of esters is 2. The first kappa shape index (κ1) is 18.5. The highest BCUT2D eigenvalue weighted by molar-refractivity contribution is 6.03. The van der Waals surface area contributed by atoms with Gasteiger partial charge in [0, 0.05) is 5.92 Å². The minimum atomic E-state index is -1.34. The summed E-state index contributed by atoms with van der Waals surface area (Å²) in [6.07, 6.45) is 1.22. The highest BCUT2D eigenvalue weighted by Crippen LogP contribution is 2.62. The van der Waals surface area contributed by atoms with Gasteiger partial charge in [0.15, 0.2) is 5.41 Å². The van der Waals surface area contributed by atoms with E-state index in [2.05, 4.69) is 25.1 Å². The monoisotopic (exact) mass is 376 g/mol. The fourth-order valence-electron chi connectivity index (χ4n) is 5.23. The van der Waals surface area contributed by atoms with Gasteiger partial charge in [0.05, 0.1) is 14.2 Å². The molecule has 0 heterocycles. The molecule has 28 heavy (non-hydrogen) atoms. The van der Waals surface area contributed by atoms with Crippen molar-refractivity contribution in [2.75, 3.05) is 14.2 Å². The van der Waals surface area contributed by atoms with Crippen LogP contribution in [0, 0.1) is 11.3 Å². The van der Waals surface area contributed by atoms with Crippen molar-refractivity contribution in [2.45, 2.75) is 25.7 Å². The third-order valence-electron chi connectivity index (χ3n) is 6.38. The minimum absolute atomic E-state index is 0.0957. The molecule has 2 aromatic rings. The van der Waals surface area contributed by atoms with Gasteiger partial charge in [0.1, 0.15) is 0 Å². The largest absolute Gasteiger partial charge is 0.468 e. The average Bonchev–Trinajstić information content (AvgIpc) is 3.00. The zero-order valence-electron chi connectivity index (χ0n) is 16.4. The Balaban J connectivity index is 2.01. The quantitative estimate of drug-likeness (QED) is 0.596. The Bertz CT molecular complexity index is 942. The van der Waals surface area contributed by atoms with E-state index in [0.717, 1.165) is 28.7 Å². The Hall–Kier alpha value is -2.88. The third kappa shape index (κ3) is 2.51. The number of rotatable bonds is 3. The molecule has 2 atom stereocenters. The smallest absolute Gasteiger partial charge is 0.324 e. The van der Waals surface area contributed by atoms with Crippen LogP contribution in [0.2, 0.25) is 0 Å². The number of allylic oxidation sites excluding steroid dienone is 2. The van der Waals surface area contributed by atoms with Crippen LogP contribution in [-0.2, 0) is 25.5 Å². The second-order valence-corrected chi connectivity index (χ2v) is 7.64. The van der Waals surface area contributed by atoms with Crippen LogP contribution >= 0.6 is 0 Å². The molecule has 4 nitrogen and oxygen atoms in total. The summed E-state index contributed by atoms with van der Waals surface area (Å²) in [5.74, 6) is -1.30. The molecule has 0 spiro atoms. The minimum Gasteiger partial charge on any atom is -0.468 e. The van der Waals surface area contributed by atoms with Gasteiger partial charge in [0.2, 0.25) is 0 Å². The predicted octanol–water partition coefficient (Wildman–Crippen LogP) is 4.15. The molecule has 2 aliphatic carbocycles. The molecule has 2 aliphatic rings. The molecule has 0 N–H and O–H groups in total. The average molecular weight is 376 g/mol. The van der Waals surface area contributed by atoms with Crippen LogP contribution in [0.3, 0.4) is 0 Å². The molecule has 4 rings (SSSR count). The fourth-order valence-corrected chi connectivity index (χ4v) is 5.23. The summed E-state index contributed by atoms with van der Waals surface area (Å²) < 4.78 is 10.3. The van der Waals surface area contributed by atoms with Crippen LogP contribution in [0.25, 0.3) is 5.57 Å². The van der Waals surface area contributed by atoms with Crippen molar-refractivity contribution in [3.63, 3.8) is 0 Å². The van der Waals surface area contributed by atoms with Gasteiger partial charge >= 0.3 is 11.9 Å². The number of carbonyl (C=O) groups is 2. The first-order chi connectivity index (χ1) is 13.5. The van der Waals surface area contributed by atoms with Crippen molar-refractivity contribution >= 4 is 17.5 Å². The number of benzene rings is 2. The molecular formula is C24H24O4. The number of fused-ring (bicyclic) bond motifs is 4. The lowest BCUT2D eigenvalue weighted by Crippen LogP contribution is -2.43. The van der Waals surface area contributed by atoms with Gasteiger partial charge in [0.25, 0.3) is 0 Å². The second kappa shape index (κ2) is 6.93. The SMILES string of the molecule is COC(=O)C1(C(=O)OC)CC2Cc3ccccc3C1/C2=C(/C)c1ccccc1. The Morgan fingerprint density at radius 2 is 1.54 bits per heavy atom. The van der Waals surface area contributed by atoms with Crippen molar-refractivity contribution in [1.82, 2.24) is 0 Å². The molecule has 4 heteroatoms. The van der Waals surface area contributed by atoms with Gasteiger partial charge in [-0.25, -0.2) is 0 Å². The van der Waals surface area contributed by atoms with E-state index in [1.807, 2.05) is 36.4 Å². The summed E-state index contributed by atoms with van der Waals surface area (Å²) in [5.41, 5.74) is 4.26. The summed E-state index contributed by atoms with van der Waals surface area (Å²) in [6, 6.07) is 18.2. The molecule has 2 aromatic carbocycles. The topological polar surface area (TPSA) is 52.6 Å². The number of methoxy groups -OCH3 is 2. The standard InChI is InChI=1S/C24H24O4/c1-15(16-9-5-4-6-10-16)20-18-13-17-11-7-8-12-19(17)21(20)24(14-18,22(25)27-2)23(26)28-3/h4-12,18,21H,13-14H2,1-3H3/b20-15-. The third-order valence-corrected chi connectivity index (χ3v) is 6.38. The normalized spacial score (nSPS) is 23.5. The van der Waals surface area contributed by atoms with Crippen LogP contribution in [0.15, 0.2) is 60.2 Å². The van der Waals surface area contributed by atoms with E-state index in [1.54, 1.807) is 0 Å². The Morgan fingerprint density at radius 1 is 0.929 bits per heavy atom. The van der Waals surface area contributed by atoms with Crippen molar-refractivity contribution < 1.29 is 19.1 Å². The van der Waals surface area contributed by atoms with Crippen LogP contribution in [0.4, 0.5) is 0 Å². The van der Waals surface area contributed by atoms with Gasteiger partial charge in [-0.15, -0.1) is 0 Å². The summed E-state index contributed by atoms with van der Waals surface area (Å²) in [6.45, 7) is 2.09. The zero-order valence-corrected chi connectivity index (χ0v) is 16.4. The van der Waals surface area contributed by atoms with Crippen molar-refractivity contribution in [3.05, 3.63) is 76.9 Å². The first-order valence-electron chi connectivity index (χ1n) is 9.55. The van der Waals surface area contributed by atoms with E-state index in [0.29, 0.717) is 6.42 Å². The predicted molar refractivity (Wildman–Crippen MR) is 106 cm³/mol.